The van der Waals surface area contributed by atoms with Gasteiger partial charge in [-0.15, -0.1) is 10.2 Å². The molecule has 11 nitrogen and oxygen atoms in total. The summed E-state index contributed by atoms with van der Waals surface area (Å²) in [7, 11) is -3.97. The molecule has 0 atom stereocenters. The van der Waals surface area contributed by atoms with Crippen molar-refractivity contribution in [3.05, 3.63) is 64.7 Å². The molecule has 4 rings (SSSR count). The van der Waals surface area contributed by atoms with Gasteiger partial charge in [0.15, 0.2) is 16.5 Å². The average Bonchev–Trinajstić information content (AvgIpc) is 3.20. The Labute approximate surface area is 172 Å². The number of piperazine rings is 1. The largest absolute Gasteiger partial charge is 0.352 e. The molecule has 0 aliphatic carbocycles. The first kappa shape index (κ1) is 19.9. The zero-order valence-electron chi connectivity index (χ0n) is 16.1. The molecular formula is C18H19N7O4S. The molecule has 0 radical (unpaired) electrons. The van der Waals surface area contributed by atoms with Gasteiger partial charge in [-0.3, -0.25) is 14.7 Å². The normalized spacial score (nSPS) is 15.3. The summed E-state index contributed by atoms with van der Waals surface area (Å²) >= 11 is 0. The molecule has 156 valence electrons. The summed E-state index contributed by atoms with van der Waals surface area (Å²) in [5.74, 6) is 2.08. The second-order valence-corrected chi connectivity index (χ2v) is 8.62. The number of hydrogen-bond donors (Lipinski definition) is 0. The molecule has 30 heavy (non-hydrogen) atoms. The zero-order valence-corrected chi connectivity index (χ0v) is 16.9. The molecule has 0 spiro atoms. The predicted octanol–water partition coefficient (Wildman–Crippen LogP) is 1.39. The van der Waals surface area contributed by atoms with Crippen LogP contribution in [0.1, 0.15) is 5.82 Å². The summed E-state index contributed by atoms with van der Waals surface area (Å²) in [6, 6.07) is 9.05. The lowest BCUT2D eigenvalue weighted by Crippen LogP contribution is -2.49. The van der Waals surface area contributed by atoms with Crippen molar-refractivity contribution in [3.63, 3.8) is 0 Å². The molecule has 0 saturated carbocycles. The predicted molar refractivity (Wildman–Crippen MR) is 108 cm³/mol. The van der Waals surface area contributed by atoms with Crippen LogP contribution in [0, 0.1) is 17.0 Å². The number of imidazole rings is 1. The fourth-order valence-corrected chi connectivity index (χ4v) is 4.94. The fraction of sp³-hybridized carbons (Fsp3) is 0.278. The van der Waals surface area contributed by atoms with Gasteiger partial charge in [0.1, 0.15) is 5.82 Å². The summed E-state index contributed by atoms with van der Waals surface area (Å²) in [6.07, 6.45) is 3.48. The molecule has 0 amide bonds. The lowest BCUT2D eigenvalue weighted by Gasteiger charge is -2.34. The number of nitrogens with zero attached hydrogens (tertiary/aromatic N) is 7. The number of anilines is 1. The monoisotopic (exact) mass is 429 g/mol. The van der Waals surface area contributed by atoms with Gasteiger partial charge in [0.25, 0.3) is 5.69 Å². The number of rotatable bonds is 5. The quantitative estimate of drug-likeness (QED) is 0.440. The number of nitro groups is 1. The first-order valence-corrected chi connectivity index (χ1v) is 10.6. The van der Waals surface area contributed by atoms with Crippen molar-refractivity contribution < 1.29 is 13.3 Å². The van der Waals surface area contributed by atoms with E-state index >= 15 is 0 Å². The van der Waals surface area contributed by atoms with Gasteiger partial charge in [0.05, 0.1) is 4.92 Å². The van der Waals surface area contributed by atoms with E-state index in [1.54, 1.807) is 12.4 Å². The molecule has 0 unspecified atom stereocenters. The Bertz CT molecular complexity index is 1170. The van der Waals surface area contributed by atoms with Crippen molar-refractivity contribution in [2.24, 2.45) is 0 Å². The van der Waals surface area contributed by atoms with Crippen LogP contribution < -0.4 is 4.90 Å². The number of para-hydroxylation sites is 1. The van der Waals surface area contributed by atoms with Crippen LogP contribution in [0.25, 0.3) is 5.82 Å². The van der Waals surface area contributed by atoms with Gasteiger partial charge in [-0.25, -0.2) is 13.4 Å². The second-order valence-electron chi connectivity index (χ2n) is 6.71. The Hall–Kier alpha value is -3.38. The minimum absolute atomic E-state index is 0.193. The molecule has 0 bridgehead atoms. The second kappa shape index (κ2) is 7.80. The van der Waals surface area contributed by atoms with Gasteiger partial charge < -0.3 is 4.90 Å². The smallest absolute Gasteiger partial charge is 0.289 e. The van der Waals surface area contributed by atoms with Crippen molar-refractivity contribution in [1.82, 2.24) is 24.1 Å². The molecule has 3 heterocycles. The van der Waals surface area contributed by atoms with Crippen LogP contribution in [0.3, 0.4) is 0 Å². The lowest BCUT2D eigenvalue weighted by atomic mass is 10.3. The van der Waals surface area contributed by atoms with E-state index in [0.29, 0.717) is 24.7 Å². The van der Waals surface area contributed by atoms with Crippen LogP contribution in [-0.4, -0.2) is 63.6 Å². The maximum absolute atomic E-state index is 12.9. The molecule has 3 aromatic rings. The summed E-state index contributed by atoms with van der Waals surface area (Å²) in [5.41, 5.74) is -0.420. The van der Waals surface area contributed by atoms with E-state index in [4.69, 9.17) is 0 Å². The van der Waals surface area contributed by atoms with E-state index in [1.165, 1.54) is 28.6 Å². The van der Waals surface area contributed by atoms with Gasteiger partial charge in [0, 0.05) is 44.6 Å². The van der Waals surface area contributed by atoms with Crippen LogP contribution in [0.2, 0.25) is 0 Å². The molecule has 12 heteroatoms. The third-order valence-electron chi connectivity index (χ3n) is 4.95. The number of hydrogen-bond acceptors (Lipinski definition) is 8. The molecule has 0 N–H and O–H groups in total. The highest BCUT2D eigenvalue weighted by Crippen LogP contribution is 2.27. The van der Waals surface area contributed by atoms with Crippen LogP contribution in [0.4, 0.5) is 11.5 Å². The number of aromatic nitrogens is 4. The molecule has 1 saturated heterocycles. The van der Waals surface area contributed by atoms with Gasteiger partial charge in [-0.2, -0.15) is 4.31 Å². The van der Waals surface area contributed by atoms with E-state index in [1.807, 2.05) is 28.5 Å². The third-order valence-corrected chi connectivity index (χ3v) is 6.90. The molecule has 1 fully saturated rings. The zero-order chi connectivity index (χ0) is 21.3. The van der Waals surface area contributed by atoms with Crippen LogP contribution in [0.5, 0.6) is 0 Å². The Kier molecular flexibility index (Phi) is 5.18. The first-order valence-electron chi connectivity index (χ1n) is 9.20. The SMILES string of the molecule is Cc1nccn1-c1ccc(N2CCN(S(=O)(=O)c3ccccc3[N+](=O)[O-])CC2)nn1. The van der Waals surface area contributed by atoms with E-state index in [0.717, 1.165) is 5.82 Å². The van der Waals surface area contributed by atoms with Gasteiger partial charge >= 0.3 is 0 Å². The van der Waals surface area contributed by atoms with Crippen LogP contribution in [-0.2, 0) is 10.0 Å². The number of sulfonamides is 1. The number of nitro benzene ring substituents is 1. The Morgan fingerprint density at radius 3 is 2.27 bits per heavy atom. The number of benzene rings is 1. The third kappa shape index (κ3) is 3.62. The van der Waals surface area contributed by atoms with Gasteiger partial charge in [-0.05, 0) is 25.1 Å². The standard InChI is InChI=1S/C18H19N7O4S/c1-14-19-8-9-24(14)18-7-6-17(20-21-18)22-10-12-23(13-11-22)30(28,29)16-5-3-2-4-15(16)25(26)27/h2-9H,10-13H2,1H3. The van der Waals surface area contributed by atoms with Crippen molar-refractivity contribution >= 4 is 21.5 Å². The van der Waals surface area contributed by atoms with Crippen LogP contribution >= 0.6 is 0 Å². The first-order chi connectivity index (χ1) is 14.4. The van der Waals surface area contributed by atoms with Crippen LogP contribution in [0.15, 0.2) is 53.7 Å². The van der Waals surface area contributed by atoms with Crippen molar-refractivity contribution in [3.8, 4) is 5.82 Å². The van der Waals surface area contributed by atoms with Crippen molar-refractivity contribution in [1.29, 1.82) is 0 Å². The Balaban J connectivity index is 1.48. The summed E-state index contributed by atoms with van der Waals surface area (Å²) in [5, 5.41) is 19.7. The van der Waals surface area contributed by atoms with Gasteiger partial charge in [0.2, 0.25) is 10.0 Å². The maximum Gasteiger partial charge on any atom is 0.289 e. The van der Waals surface area contributed by atoms with E-state index in [9.17, 15) is 18.5 Å². The van der Waals surface area contributed by atoms with E-state index in [2.05, 4.69) is 15.2 Å². The highest BCUT2D eigenvalue weighted by molar-refractivity contribution is 7.89. The Morgan fingerprint density at radius 1 is 1.00 bits per heavy atom. The maximum atomic E-state index is 12.9. The molecule has 1 aliphatic rings. The minimum atomic E-state index is -3.97. The van der Waals surface area contributed by atoms with E-state index in [-0.39, 0.29) is 18.0 Å². The van der Waals surface area contributed by atoms with Crippen molar-refractivity contribution in [2.45, 2.75) is 11.8 Å². The highest BCUT2D eigenvalue weighted by Gasteiger charge is 2.33. The molecule has 1 aliphatic heterocycles. The lowest BCUT2D eigenvalue weighted by molar-refractivity contribution is -0.387. The Morgan fingerprint density at radius 2 is 1.67 bits per heavy atom. The minimum Gasteiger partial charge on any atom is -0.352 e. The van der Waals surface area contributed by atoms with Gasteiger partial charge in [-0.1, -0.05) is 12.1 Å². The van der Waals surface area contributed by atoms with E-state index < -0.39 is 20.6 Å². The summed E-state index contributed by atoms with van der Waals surface area (Å²) < 4.78 is 28.9. The summed E-state index contributed by atoms with van der Waals surface area (Å²) in [4.78, 5) is 16.3. The molecular weight excluding hydrogens is 410 g/mol. The average molecular weight is 429 g/mol. The molecule has 1 aromatic carbocycles. The molecule has 2 aromatic heterocycles. The summed E-state index contributed by atoms with van der Waals surface area (Å²) in [6.45, 7) is 3.05. The highest BCUT2D eigenvalue weighted by atomic mass is 32.2. The fourth-order valence-electron chi connectivity index (χ4n) is 3.36. The number of aryl methyl sites for hydroxylation is 1. The topological polar surface area (TPSA) is 127 Å². The van der Waals surface area contributed by atoms with Crippen molar-refractivity contribution in [2.75, 3.05) is 31.1 Å².